The molecule has 1 rings (SSSR count). The summed E-state index contributed by atoms with van der Waals surface area (Å²) in [7, 11) is 0. The number of hydrogen-bond acceptors (Lipinski definition) is 6. The number of hydrogen-bond donors (Lipinski definition) is 0. The van der Waals surface area contributed by atoms with Gasteiger partial charge in [0.2, 0.25) is 0 Å². The molecule has 148 valence electrons. The number of urea groups is 1. The van der Waals surface area contributed by atoms with Crippen LogP contribution in [0.25, 0.3) is 0 Å². The molecule has 0 aromatic heterocycles. The SMILES string of the molecule is C=CCCCN1CN(CCOOCC=C)C(=O)N(CCOOCC=C)C1. The van der Waals surface area contributed by atoms with E-state index in [1.54, 1.807) is 22.0 Å². The van der Waals surface area contributed by atoms with E-state index >= 15 is 0 Å². The molecule has 8 heteroatoms. The molecule has 1 heterocycles. The van der Waals surface area contributed by atoms with E-state index in [0.717, 1.165) is 19.4 Å². The average molecular weight is 369 g/mol. The maximum absolute atomic E-state index is 12.6. The molecule has 0 radical (unpaired) electrons. The van der Waals surface area contributed by atoms with Crippen LogP contribution >= 0.6 is 0 Å². The van der Waals surface area contributed by atoms with Crippen LogP contribution in [0.15, 0.2) is 38.0 Å². The van der Waals surface area contributed by atoms with Gasteiger partial charge in [0.1, 0.15) is 13.2 Å². The van der Waals surface area contributed by atoms with Gasteiger partial charge < -0.3 is 9.80 Å². The molecule has 26 heavy (non-hydrogen) atoms. The summed E-state index contributed by atoms with van der Waals surface area (Å²) in [5, 5.41) is 0. The Morgan fingerprint density at radius 2 is 1.35 bits per heavy atom. The smallest absolute Gasteiger partial charge is 0.309 e. The predicted octanol–water partition coefficient (Wildman–Crippen LogP) is 2.18. The molecule has 0 atom stereocenters. The Kier molecular flexibility index (Phi) is 12.4. The van der Waals surface area contributed by atoms with E-state index in [0.29, 0.717) is 52.9 Å². The summed E-state index contributed by atoms with van der Waals surface area (Å²) >= 11 is 0. The fourth-order valence-corrected chi connectivity index (χ4v) is 2.39. The van der Waals surface area contributed by atoms with Crippen LogP contribution in [0.3, 0.4) is 0 Å². The average Bonchev–Trinajstić information content (AvgIpc) is 2.64. The van der Waals surface area contributed by atoms with Gasteiger partial charge in [0.15, 0.2) is 0 Å². The lowest BCUT2D eigenvalue weighted by molar-refractivity contribution is -0.289. The molecule has 0 spiro atoms. The highest BCUT2D eigenvalue weighted by atomic mass is 17.2. The molecule has 1 aliphatic heterocycles. The molecule has 0 aliphatic carbocycles. The van der Waals surface area contributed by atoms with Crippen molar-refractivity contribution in [2.75, 3.05) is 59.4 Å². The zero-order valence-electron chi connectivity index (χ0n) is 15.5. The van der Waals surface area contributed by atoms with Crippen molar-refractivity contribution in [3.63, 3.8) is 0 Å². The van der Waals surface area contributed by atoms with Crippen LogP contribution in [-0.4, -0.2) is 80.1 Å². The first kappa shape index (κ1) is 22.3. The quantitative estimate of drug-likeness (QED) is 0.180. The van der Waals surface area contributed by atoms with Crippen LogP contribution in [0.2, 0.25) is 0 Å². The largest absolute Gasteiger partial charge is 0.322 e. The summed E-state index contributed by atoms with van der Waals surface area (Å²) in [6.45, 7) is 15.0. The highest BCUT2D eigenvalue weighted by molar-refractivity contribution is 5.75. The Hall–Kier alpha value is -1.71. The normalized spacial score (nSPS) is 15.3. The van der Waals surface area contributed by atoms with Crippen molar-refractivity contribution in [2.45, 2.75) is 12.8 Å². The summed E-state index contributed by atoms with van der Waals surface area (Å²) in [6, 6.07) is -0.0513. The second-order valence-electron chi connectivity index (χ2n) is 5.71. The van der Waals surface area contributed by atoms with Crippen LogP contribution in [-0.2, 0) is 19.6 Å². The van der Waals surface area contributed by atoms with Gasteiger partial charge in [-0.25, -0.2) is 24.3 Å². The molecular formula is C18H31N3O5. The number of allylic oxidation sites excluding steroid dienone is 1. The summed E-state index contributed by atoms with van der Waals surface area (Å²) in [6.07, 6.45) is 7.05. The Labute approximate surface area is 156 Å². The van der Waals surface area contributed by atoms with Gasteiger partial charge in [-0.3, -0.25) is 4.90 Å². The van der Waals surface area contributed by atoms with Crippen LogP contribution in [0.1, 0.15) is 12.8 Å². The fourth-order valence-electron chi connectivity index (χ4n) is 2.39. The summed E-state index contributed by atoms with van der Waals surface area (Å²) in [5.41, 5.74) is 0. The van der Waals surface area contributed by atoms with Gasteiger partial charge in [-0.15, -0.1) is 19.7 Å². The number of nitrogens with zero attached hydrogens (tertiary/aromatic N) is 3. The summed E-state index contributed by atoms with van der Waals surface area (Å²) in [4.78, 5) is 38.2. The van der Waals surface area contributed by atoms with Gasteiger partial charge in [0.05, 0.1) is 39.6 Å². The number of carbonyl (C=O) groups is 1. The summed E-state index contributed by atoms with van der Waals surface area (Å²) in [5.74, 6) is 0. The van der Waals surface area contributed by atoms with Crippen LogP contribution in [0.5, 0.6) is 0 Å². The molecule has 0 N–H and O–H groups in total. The van der Waals surface area contributed by atoms with Crippen molar-refractivity contribution in [1.29, 1.82) is 0 Å². The number of rotatable bonds is 16. The van der Waals surface area contributed by atoms with E-state index in [9.17, 15) is 4.79 Å². The molecule has 0 aromatic rings. The molecule has 1 saturated heterocycles. The molecule has 0 unspecified atom stereocenters. The lowest BCUT2D eigenvalue weighted by Gasteiger charge is -2.42. The summed E-state index contributed by atoms with van der Waals surface area (Å²) < 4.78 is 0. The van der Waals surface area contributed by atoms with Crippen molar-refractivity contribution in [2.24, 2.45) is 0 Å². The third kappa shape index (κ3) is 9.12. The van der Waals surface area contributed by atoms with Gasteiger partial charge in [0, 0.05) is 6.54 Å². The van der Waals surface area contributed by atoms with E-state index < -0.39 is 0 Å². The zero-order valence-corrected chi connectivity index (χ0v) is 15.5. The molecule has 0 saturated carbocycles. The first-order chi connectivity index (χ1) is 12.7. The van der Waals surface area contributed by atoms with Crippen molar-refractivity contribution in [1.82, 2.24) is 14.7 Å². The zero-order chi connectivity index (χ0) is 19.0. The van der Waals surface area contributed by atoms with Gasteiger partial charge in [-0.1, -0.05) is 18.2 Å². The molecule has 8 nitrogen and oxygen atoms in total. The number of amides is 2. The van der Waals surface area contributed by atoms with E-state index in [4.69, 9.17) is 19.6 Å². The number of carbonyl (C=O) groups excluding carboxylic acids is 1. The van der Waals surface area contributed by atoms with E-state index in [1.807, 2.05) is 6.08 Å². The van der Waals surface area contributed by atoms with Gasteiger partial charge in [-0.05, 0) is 12.8 Å². The first-order valence-electron chi connectivity index (χ1n) is 8.80. The Morgan fingerprint density at radius 3 is 1.81 bits per heavy atom. The van der Waals surface area contributed by atoms with Gasteiger partial charge in [-0.2, -0.15) is 0 Å². The predicted molar refractivity (Wildman–Crippen MR) is 98.9 cm³/mol. The lowest BCUT2D eigenvalue weighted by Crippen LogP contribution is -2.59. The molecule has 1 fully saturated rings. The molecule has 1 aliphatic rings. The maximum Gasteiger partial charge on any atom is 0.322 e. The van der Waals surface area contributed by atoms with Crippen molar-refractivity contribution < 1.29 is 24.3 Å². The highest BCUT2D eigenvalue weighted by Crippen LogP contribution is 2.11. The minimum atomic E-state index is -0.0513. The third-order valence-corrected chi connectivity index (χ3v) is 3.59. The third-order valence-electron chi connectivity index (χ3n) is 3.59. The van der Waals surface area contributed by atoms with Crippen LogP contribution < -0.4 is 0 Å². The lowest BCUT2D eigenvalue weighted by atomic mass is 10.3. The van der Waals surface area contributed by atoms with E-state index in [1.165, 1.54) is 0 Å². The molecular weight excluding hydrogens is 338 g/mol. The second-order valence-corrected chi connectivity index (χ2v) is 5.71. The van der Waals surface area contributed by atoms with Gasteiger partial charge in [0.25, 0.3) is 0 Å². The Bertz CT molecular complexity index is 403. The minimum Gasteiger partial charge on any atom is -0.309 e. The van der Waals surface area contributed by atoms with Crippen molar-refractivity contribution >= 4 is 6.03 Å². The first-order valence-corrected chi connectivity index (χ1v) is 8.80. The van der Waals surface area contributed by atoms with Gasteiger partial charge >= 0.3 is 6.03 Å². The van der Waals surface area contributed by atoms with E-state index in [-0.39, 0.29) is 6.03 Å². The van der Waals surface area contributed by atoms with Crippen molar-refractivity contribution in [3.8, 4) is 0 Å². The monoisotopic (exact) mass is 369 g/mol. The maximum atomic E-state index is 12.6. The fraction of sp³-hybridized carbons (Fsp3) is 0.611. The van der Waals surface area contributed by atoms with E-state index in [2.05, 4.69) is 24.6 Å². The van der Waals surface area contributed by atoms with Crippen molar-refractivity contribution in [3.05, 3.63) is 38.0 Å². The molecule has 2 amide bonds. The van der Waals surface area contributed by atoms with Crippen LogP contribution in [0.4, 0.5) is 4.79 Å². The minimum absolute atomic E-state index is 0.0513. The standard InChI is InChI=1S/C18H31N3O5/c1-4-7-8-9-19-16-20(10-14-25-23-12-5-2)18(22)21(17-19)11-15-26-24-13-6-3/h4-6H,1-3,7-17H2. The second kappa shape index (κ2) is 14.5. The van der Waals surface area contributed by atoms with Crippen LogP contribution in [0, 0.1) is 0 Å². The Balaban J connectivity index is 2.48. The molecule has 0 bridgehead atoms. The highest BCUT2D eigenvalue weighted by Gasteiger charge is 2.29. The number of unbranched alkanes of at least 4 members (excludes halogenated alkanes) is 1. The Morgan fingerprint density at radius 1 is 0.808 bits per heavy atom. The topological polar surface area (TPSA) is 63.7 Å². The molecule has 0 aromatic carbocycles.